The van der Waals surface area contributed by atoms with Crippen molar-refractivity contribution >= 4 is 27.5 Å². The molecule has 0 atom stereocenters. The zero-order valence-corrected chi connectivity index (χ0v) is 25.2. The topological polar surface area (TPSA) is 90.0 Å². The number of carbonyl (C=O) groups is 1. The van der Waals surface area contributed by atoms with Gasteiger partial charge in [-0.15, -0.1) is 0 Å². The number of nitrogens with zero attached hydrogens (tertiary/aromatic N) is 5. The third kappa shape index (κ3) is 6.18. The number of aromatic amines is 1. The fraction of sp³-hybridized carbons (Fsp3) is 0.212. The molecule has 5 aromatic rings. The van der Waals surface area contributed by atoms with Gasteiger partial charge in [0.25, 0.3) is 5.91 Å². The van der Waals surface area contributed by atoms with Crippen LogP contribution in [0.3, 0.4) is 0 Å². The first-order valence-corrected chi connectivity index (χ1v) is 14.7. The molecule has 42 heavy (non-hydrogen) atoms. The molecule has 9 heteroatoms. The fourth-order valence-electron chi connectivity index (χ4n) is 5.26. The molecule has 1 fully saturated rings. The molecule has 0 unspecified atom stereocenters. The molecule has 6 rings (SSSR count). The molecule has 1 aliphatic rings. The van der Waals surface area contributed by atoms with Gasteiger partial charge in [-0.25, -0.2) is 9.97 Å². The lowest BCUT2D eigenvalue weighted by Crippen LogP contribution is -2.43. The Bertz CT molecular complexity index is 1690. The summed E-state index contributed by atoms with van der Waals surface area (Å²) in [5.41, 5.74) is 9.45. The largest absolute Gasteiger partial charge is 0.360 e. The number of aryl methyl sites for hydroxylation is 1. The van der Waals surface area contributed by atoms with Crippen LogP contribution >= 0.6 is 15.9 Å². The Kier molecular flexibility index (Phi) is 8.23. The van der Waals surface area contributed by atoms with E-state index in [1.807, 2.05) is 60.9 Å². The Morgan fingerprint density at radius 1 is 0.952 bits per heavy atom. The van der Waals surface area contributed by atoms with E-state index < -0.39 is 0 Å². The van der Waals surface area contributed by atoms with E-state index in [-0.39, 0.29) is 5.91 Å². The van der Waals surface area contributed by atoms with Gasteiger partial charge in [0.1, 0.15) is 6.33 Å². The van der Waals surface area contributed by atoms with Crippen molar-refractivity contribution in [3.63, 3.8) is 0 Å². The molecule has 1 amide bonds. The number of anilines is 1. The third-order valence-electron chi connectivity index (χ3n) is 7.72. The number of carbonyl (C=O) groups excluding carboxylic acids is 1. The van der Waals surface area contributed by atoms with Gasteiger partial charge in [-0.2, -0.15) is 0 Å². The van der Waals surface area contributed by atoms with Crippen LogP contribution in [0.25, 0.3) is 33.6 Å². The highest BCUT2D eigenvalue weighted by molar-refractivity contribution is 9.10. The van der Waals surface area contributed by atoms with Crippen molar-refractivity contribution < 1.29 is 4.79 Å². The quantitative estimate of drug-likeness (QED) is 0.223. The number of pyridine rings is 1. The highest BCUT2D eigenvalue weighted by atomic mass is 79.9. The number of aromatic nitrogens is 4. The van der Waals surface area contributed by atoms with Gasteiger partial charge in [-0.1, -0.05) is 34.1 Å². The van der Waals surface area contributed by atoms with Crippen molar-refractivity contribution in [2.45, 2.75) is 13.5 Å². The minimum Gasteiger partial charge on any atom is -0.360 e. The second kappa shape index (κ2) is 12.4. The smallest absolute Gasteiger partial charge is 0.255 e. The highest BCUT2D eigenvalue weighted by Gasteiger charge is 2.17. The summed E-state index contributed by atoms with van der Waals surface area (Å²) in [4.78, 5) is 34.2. The van der Waals surface area contributed by atoms with Gasteiger partial charge in [0, 0.05) is 84.4 Å². The second-order valence-corrected chi connectivity index (χ2v) is 11.6. The summed E-state index contributed by atoms with van der Waals surface area (Å²) < 4.78 is 0.955. The van der Waals surface area contributed by atoms with Crippen LogP contribution in [0.4, 0.5) is 5.69 Å². The van der Waals surface area contributed by atoms with E-state index in [4.69, 9.17) is 0 Å². The van der Waals surface area contributed by atoms with Crippen LogP contribution < -0.4 is 5.32 Å². The molecule has 1 saturated heterocycles. The van der Waals surface area contributed by atoms with E-state index in [2.05, 4.69) is 71.0 Å². The van der Waals surface area contributed by atoms with Gasteiger partial charge >= 0.3 is 0 Å². The molecule has 0 spiro atoms. The van der Waals surface area contributed by atoms with E-state index in [9.17, 15) is 4.79 Å². The van der Waals surface area contributed by atoms with Crippen LogP contribution in [0.5, 0.6) is 0 Å². The van der Waals surface area contributed by atoms with Gasteiger partial charge in [0.05, 0.1) is 11.4 Å². The van der Waals surface area contributed by atoms with Crippen molar-refractivity contribution in [1.29, 1.82) is 0 Å². The van der Waals surface area contributed by atoms with E-state index in [1.54, 1.807) is 12.4 Å². The molecule has 3 aromatic heterocycles. The summed E-state index contributed by atoms with van der Waals surface area (Å²) in [5, 5.41) is 3.04. The number of benzene rings is 2. The van der Waals surface area contributed by atoms with Gasteiger partial charge in [-0.05, 0) is 72.6 Å². The molecular formula is C33H32BrN7O. The summed E-state index contributed by atoms with van der Waals surface area (Å²) in [5.74, 6) is -0.142. The van der Waals surface area contributed by atoms with Crippen LogP contribution in [0.1, 0.15) is 21.5 Å². The molecule has 8 nitrogen and oxygen atoms in total. The van der Waals surface area contributed by atoms with Crippen LogP contribution in [-0.4, -0.2) is 68.9 Å². The minimum absolute atomic E-state index is 0.142. The number of nitrogens with one attached hydrogen (secondary N) is 2. The zero-order valence-electron chi connectivity index (χ0n) is 23.6. The molecule has 0 saturated carbocycles. The van der Waals surface area contributed by atoms with E-state index in [1.165, 1.54) is 11.9 Å². The van der Waals surface area contributed by atoms with Crippen molar-refractivity contribution in [3.8, 4) is 33.6 Å². The monoisotopic (exact) mass is 621 g/mol. The molecule has 2 N–H and O–H groups in total. The van der Waals surface area contributed by atoms with Crippen LogP contribution in [0.2, 0.25) is 0 Å². The second-order valence-electron chi connectivity index (χ2n) is 10.7. The van der Waals surface area contributed by atoms with Gasteiger partial charge in [0.2, 0.25) is 0 Å². The minimum atomic E-state index is -0.142. The molecule has 2 aromatic carbocycles. The maximum absolute atomic E-state index is 13.1. The average molecular weight is 623 g/mol. The Morgan fingerprint density at radius 3 is 2.45 bits per heavy atom. The summed E-state index contributed by atoms with van der Waals surface area (Å²) >= 11 is 3.69. The Labute approximate surface area is 254 Å². The summed E-state index contributed by atoms with van der Waals surface area (Å²) in [6.07, 6.45) is 8.92. The molecule has 212 valence electrons. The highest BCUT2D eigenvalue weighted by Crippen LogP contribution is 2.35. The maximum atomic E-state index is 13.1. The van der Waals surface area contributed by atoms with Gasteiger partial charge in [-0.3, -0.25) is 14.7 Å². The summed E-state index contributed by atoms with van der Waals surface area (Å²) in [7, 11) is 2.16. The molecule has 0 aliphatic carbocycles. The van der Waals surface area contributed by atoms with Gasteiger partial charge < -0.3 is 15.2 Å². The van der Waals surface area contributed by atoms with Crippen LogP contribution in [0.15, 0.2) is 90.2 Å². The molecule has 1 aliphatic heterocycles. The maximum Gasteiger partial charge on any atom is 0.255 e. The first-order chi connectivity index (χ1) is 20.4. The number of amides is 1. The number of H-pyrrole nitrogens is 1. The molecule has 4 heterocycles. The standard InChI is InChI=1S/C33H32BrN7O/c1-22-17-38-32(31(22)30-16-24(9-10-37-30)27-18-35-21-36-19-27)23-5-7-28(8-6-23)39-33(42)25-3-4-26(29(34)15-25)20-41-13-11-40(2)12-14-41/h3-10,15-19,21,38H,11-14,20H2,1-2H3,(H,39,42). The van der Waals surface area contributed by atoms with Crippen molar-refractivity contribution in [2.75, 3.05) is 38.5 Å². The lowest BCUT2D eigenvalue weighted by molar-refractivity contribution is 0.102. The first kappa shape index (κ1) is 28.0. The zero-order chi connectivity index (χ0) is 29.1. The summed E-state index contributed by atoms with van der Waals surface area (Å²) in [6.45, 7) is 7.20. The van der Waals surface area contributed by atoms with Crippen molar-refractivity contribution in [1.82, 2.24) is 29.7 Å². The molecular weight excluding hydrogens is 590 g/mol. The third-order valence-corrected chi connectivity index (χ3v) is 8.46. The average Bonchev–Trinajstić information content (AvgIpc) is 3.41. The normalized spacial score (nSPS) is 14.2. The molecule has 0 radical (unpaired) electrons. The first-order valence-electron chi connectivity index (χ1n) is 14.0. The fourth-order valence-corrected chi connectivity index (χ4v) is 5.77. The SMILES string of the molecule is Cc1c[nH]c(-c2ccc(NC(=O)c3ccc(CN4CCN(C)CC4)c(Br)c3)cc2)c1-c1cc(-c2cncnc2)ccn1. The number of rotatable bonds is 7. The summed E-state index contributed by atoms with van der Waals surface area (Å²) in [6, 6.07) is 17.7. The predicted octanol–water partition coefficient (Wildman–Crippen LogP) is 6.27. The van der Waals surface area contributed by atoms with E-state index >= 15 is 0 Å². The number of halogens is 1. The van der Waals surface area contributed by atoms with E-state index in [0.29, 0.717) is 5.56 Å². The number of likely N-dealkylation sites (N-methyl/N-ethyl adjacent to an activating group) is 1. The number of hydrogen-bond donors (Lipinski definition) is 2. The van der Waals surface area contributed by atoms with Crippen molar-refractivity contribution in [3.05, 3.63) is 107 Å². The number of piperazine rings is 1. The Hall–Kier alpha value is -4.18. The van der Waals surface area contributed by atoms with E-state index in [0.717, 1.165) is 82.1 Å². The number of hydrogen-bond acceptors (Lipinski definition) is 6. The van der Waals surface area contributed by atoms with Crippen LogP contribution in [0, 0.1) is 6.92 Å². The predicted molar refractivity (Wildman–Crippen MR) is 170 cm³/mol. The van der Waals surface area contributed by atoms with Gasteiger partial charge in [0.15, 0.2) is 0 Å². The van der Waals surface area contributed by atoms with Crippen molar-refractivity contribution in [2.24, 2.45) is 0 Å². The Balaban J connectivity index is 1.16. The Morgan fingerprint density at radius 2 is 1.71 bits per heavy atom. The lowest BCUT2D eigenvalue weighted by atomic mass is 10.00. The van der Waals surface area contributed by atoms with Crippen LogP contribution in [-0.2, 0) is 6.54 Å². The lowest BCUT2D eigenvalue weighted by Gasteiger charge is -2.32. The molecule has 0 bridgehead atoms.